The van der Waals surface area contributed by atoms with Gasteiger partial charge in [-0.3, -0.25) is 5.32 Å². The van der Waals surface area contributed by atoms with Gasteiger partial charge in [-0.1, -0.05) is 41.7 Å². The van der Waals surface area contributed by atoms with Crippen molar-refractivity contribution in [3.63, 3.8) is 0 Å². The van der Waals surface area contributed by atoms with E-state index in [1.807, 2.05) is 12.3 Å². The van der Waals surface area contributed by atoms with Crippen LogP contribution in [-0.2, 0) is 4.74 Å². The van der Waals surface area contributed by atoms with Crippen molar-refractivity contribution in [3.8, 4) is 10.4 Å². The molecule has 1 aromatic heterocycles. The molecule has 4 aliphatic rings. The highest BCUT2D eigenvalue weighted by Gasteiger charge is 2.55. The average molecular weight is 354 g/mol. The SMILES string of the molecule is [BH3-][N+]12CCC(CC1)C1(CN=C(Nc3ncc(-c4ccccc4)s3)O1)C2. The topological polar surface area (TPSA) is 46.5 Å². The van der Waals surface area contributed by atoms with Crippen LogP contribution >= 0.6 is 11.3 Å². The molecule has 1 unspecified atom stereocenters. The van der Waals surface area contributed by atoms with Gasteiger partial charge < -0.3 is 9.13 Å². The maximum Gasteiger partial charge on any atom is 0.292 e. The quantitative estimate of drug-likeness (QED) is 0.838. The fraction of sp³-hybridized carbons (Fsp3) is 0.444. The fourth-order valence-electron chi connectivity index (χ4n) is 4.11. The van der Waals surface area contributed by atoms with Gasteiger partial charge in [0.05, 0.1) is 18.0 Å². The number of fused-ring (bicyclic) bond motifs is 2. The van der Waals surface area contributed by atoms with Crippen molar-refractivity contribution in [3.05, 3.63) is 36.5 Å². The zero-order valence-electron chi connectivity index (χ0n) is 13.4. The van der Waals surface area contributed by atoms with E-state index in [4.69, 9.17) is 9.73 Å². The molecule has 0 amide bonds. The third-order valence-electron chi connectivity index (χ3n) is 5.39. The molecule has 5 heterocycles. The summed E-state index contributed by atoms with van der Waals surface area (Å²) in [6.45, 7) is 4.81. The summed E-state index contributed by atoms with van der Waals surface area (Å²) < 4.78 is 7.82. The Bertz CT molecular complexity index is 815. The van der Waals surface area contributed by atoms with Gasteiger partial charge in [-0.15, -0.1) is 0 Å². The number of benzene rings is 1. The number of amidine groups is 1. The number of nitrogens with zero attached hydrogens (tertiary/aromatic N) is 3. The van der Waals surface area contributed by atoms with E-state index in [9.17, 15) is 0 Å². The van der Waals surface area contributed by atoms with Crippen LogP contribution in [0.15, 0.2) is 41.5 Å². The second-order valence-electron chi connectivity index (χ2n) is 6.86. The third-order valence-corrected chi connectivity index (χ3v) is 6.35. The van der Waals surface area contributed by atoms with Gasteiger partial charge in [0.15, 0.2) is 18.7 Å². The lowest BCUT2D eigenvalue weighted by molar-refractivity contribution is -0.845. The fourth-order valence-corrected chi connectivity index (χ4v) is 4.92. The highest BCUT2D eigenvalue weighted by atomic mass is 32.1. The number of aromatic nitrogens is 1. The van der Waals surface area contributed by atoms with Crippen LogP contribution in [0.5, 0.6) is 0 Å². The van der Waals surface area contributed by atoms with Crippen LogP contribution in [0.2, 0.25) is 0 Å². The van der Waals surface area contributed by atoms with Crippen molar-refractivity contribution in [1.29, 1.82) is 0 Å². The Morgan fingerprint density at radius 3 is 2.80 bits per heavy atom. The Hall–Kier alpha value is -1.86. The van der Waals surface area contributed by atoms with E-state index >= 15 is 0 Å². The summed E-state index contributed by atoms with van der Waals surface area (Å²) in [7, 11) is 0.294. The summed E-state index contributed by atoms with van der Waals surface area (Å²) in [6, 6.07) is 11.0. The molecule has 6 rings (SSSR count). The molecule has 1 spiro atoms. The largest absolute Gasteiger partial charge is 0.519 e. The van der Waals surface area contributed by atoms with Crippen LogP contribution in [0.25, 0.3) is 10.4 Å². The first-order valence-electron chi connectivity index (χ1n) is 8.55. The van der Waals surface area contributed by atoms with Crippen molar-refractivity contribution in [1.82, 2.24) is 4.98 Å². The van der Waals surface area contributed by atoms with Crippen LogP contribution < -0.4 is 5.32 Å². The van der Waals surface area contributed by atoms with Crippen LogP contribution in [0.4, 0.5) is 5.13 Å². The Balaban J connectivity index is 1.30. The van der Waals surface area contributed by atoms with Gasteiger partial charge in [-0.2, -0.15) is 0 Å². The van der Waals surface area contributed by atoms with Gasteiger partial charge in [0.1, 0.15) is 0 Å². The van der Waals surface area contributed by atoms with E-state index in [0.29, 0.717) is 19.9 Å². The van der Waals surface area contributed by atoms with Crippen LogP contribution in [0.3, 0.4) is 0 Å². The van der Waals surface area contributed by atoms with Crippen LogP contribution in [0.1, 0.15) is 12.8 Å². The maximum atomic E-state index is 6.44. The highest BCUT2D eigenvalue weighted by Crippen LogP contribution is 2.43. The second kappa shape index (κ2) is 5.57. The predicted molar refractivity (Wildman–Crippen MR) is 105 cm³/mol. The van der Waals surface area contributed by atoms with Crippen LogP contribution in [-0.4, -0.2) is 55.2 Å². The Kier molecular flexibility index (Phi) is 3.43. The minimum atomic E-state index is -0.0277. The van der Waals surface area contributed by atoms with E-state index in [-0.39, 0.29) is 5.60 Å². The maximum absolute atomic E-state index is 6.44. The molecule has 0 aliphatic carbocycles. The molecule has 0 saturated carbocycles. The van der Waals surface area contributed by atoms with Gasteiger partial charge in [-0.05, 0) is 18.4 Å². The molecular formula is C18H23BN4OS. The number of hydrogen-bond acceptors (Lipinski definition) is 5. The second-order valence-corrected chi connectivity index (χ2v) is 7.89. The lowest BCUT2D eigenvalue weighted by atomic mass is 9.72. The molecular weight excluding hydrogens is 331 g/mol. The molecule has 2 aromatic rings. The smallest absolute Gasteiger partial charge is 0.292 e. The van der Waals surface area contributed by atoms with E-state index in [1.54, 1.807) is 11.3 Å². The molecule has 1 aromatic carbocycles. The molecule has 25 heavy (non-hydrogen) atoms. The van der Waals surface area contributed by atoms with Crippen molar-refractivity contribution >= 4 is 30.5 Å². The predicted octanol–water partition coefficient (Wildman–Crippen LogP) is 1.87. The first-order valence-corrected chi connectivity index (χ1v) is 9.36. The van der Waals surface area contributed by atoms with Crippen molar-refractivity contribution in [2.24, 2.45) is 10.9 Å². The molecule has 130 valence electrons. The molecule has 4 aliphatic heterocycles. The number of anilines is 1. The number of nitrogens with one attached hydrogen (secondary N) is 1. The van der Waals surface area contributed by atoms with Gasteiger partial charge in [0.2, 0.25) is 0 Å². The molecule has 1 N–H and O–H groups in total. The zero-order valence-corrected chi connectivity index (χ0v) is 14.3. The summed E-state index contributed by atoms with van der Waals surface area (Å²) in [5, 5.41) is 4.18. The van der Waals surface area contributed by atoms with Crippen molar-refractivity contribution in [2.45, 2.75) is 18.4 Å². The first kappa shape index (κ1) is 15.4. The highest BCUT2D eigenvalue weighted by molar-refractivity contribution is 7.19. The van der Waals surface area contributed by atoms with E-state index in [1.165, 1.54) is 42.4 Å². The molecule has 5 nitrogen and oxygen atoms in total. The van der Waals surface area contributed by atoms with Gasteiger partial charge in [-0.25, -0.2) is 9.98 Å². The number of hydrogen-bond donors (Lipinski definition) is 1. The van der Waals surface area contributed by atoms with Crippen molar-refractivity contribution < 1.29 is 9.13 Å². The summed E-state index contributed by atoms with van der Waals surface area (Å²) in [4.78, 5) is 10.4. The first-order chi connectivity index (χ1) is 12.1. The van der Waals surface area contributed by atoms with Gasteiger partial charge in [0, 0.05) is 25.2 Å². The molecule has 0 radical (unpaired) electrons. The molecule has 7 heteroatoms. The lowest BCUT2D eigenvalue weighted by Gasteiger charge is -2.60. The zero-order chi connectivity index (χ0) is 16.9. The normalized spacial score (nSPS) is 33.3. The number of quaternary nitrogens is 1. The number of aliphatic imine (C=N–C) groups is 1. The van der Waals surface area contributed by atoms with E-state index in [0.717, 1.165) is 16.6 Å². The Morgan fingerprint density at radius 2 is 2.04 bits per heavy atom. The minimum Gasteiger partial charge on any atom is -0.519 e. The van der Waals surface area contributed by atoms with Crippen LogP contribution in [0, 0.1) is 5.92 Å². The molecule has 3 saturated heterocycles. The molecule has 3 fully saturated rings. The van der Waals surface area contributed by atoms with Gasteiger partial charge in [0.25, 0.3) is 6.02 Å². The molecule has 1 atom stereocenters. The Morgan fingerprint density at radius 1 is 1.24 bits per heavy atom. The average Bonchev–Trinajstić information content (AvgIpc) is 3.24. The summed E-state index contributed by atoms with van der Waals surface area (Å²) in [5.74, 6) is 0.685. The van der Waals surface area contributed by atoms with E-state index < -0.39 is 0 Å². The summed E-state index contributed by atoms with van der Waals surface area (Å²) in [6.07, 6.45) is 4.56. The monoisotopic (exact) mass is 354 g/mol. The molecule has 2 bridgehead atoms. The summed E-state index contributed by atoms with van der Waals surface area (Å²) >= 11 is 1.65. The summed E-state index contributed by atoms with van der Waals surface area (Å²) in [5.41, 5.74) is 1.17. The van der Waals surface area contributed by atoms with Crippen molar-refractivity contribution in [2.75, 3.05) is 31.5 Å². The van der Waals surface area contributed by atoms with E-state index in [2.05, 4.69) is 34.6 Å². The van der Waals surface area contributed by atoms with Gasteiger partial charge >= 0.3 is 0 Å². The Labute approximate surface area is 152 Å². The number of rotatable bonds is 2. The minimum absolute atomic E-state index is 0.0277. The number of ether oxygens (including phenoxy) is 1. The third kappa shape index (κ3) is 2.66. The standard InChI is InChI=1S/C18H23BN4OS/c19-23-8-6-14(7-9-23)18(12-23)11-21-16(24-18)22-17-20-10-15(25-17)13-4-2-1-3-5-13/h1-5,10,14H,6-9,11-12H2,19H3,(H,20,21,22). The lowest BCUT2D eigenvalue weighted by Crippen LogP contribution is -2.69. The number of thiazole rings is 1. The number of piperidine rings is 3.